The molecule has 0 bridgehead atoms. The third-order valence-corrected chi connectivity index (χ3v) is 4.55. The van der Waals surface area contributed by atoms with Gasteiger partial charge in [0.2, 0.25) is 5.82 Å². The molecule has 0 radical (unpaired) electrons. The molecule has 138 valence electrons. The van der Waals surface area contributed by atoms with Crippen molar-refractivity contribution in [1.29, 1.82) is 0 Å². The van der Waals surface area contributed by atoms with Gasteiger partial charge >= 0.3 is 0 Å². The number of H-pyrrole nitrogens is 1. The minimum Gasteiger partial charge on any atom is -0.337 e. The molecule has 1 aromatic carbocycles. The fraction of sp³-hybridized carbons (Fsp3) is 0.278. The third kappa shape index (κ3) is 3.43. The molecule has 4 rings (SSSR count). The lowest BCUT2D eigenvalue weighted by Gasteiger charge is -2.19. The maximum atomic E-state index is 12.6. The van der Waals surface area contributed by atoms with E-state index in [0.29, 0.717) is 31.0 Å². The molecule has 0 saturated carbocycles. The van der Waals surface area contributed by atoms with Crippen LogP contribution in [0.25, 0.3) is 0 Å². The van der Waals surface area contributed by atoms with Crippen LogP contribution in [0, 0.1) is 0 Å². The van der Waals surface area contributed by atoms with E-state index in [1.54, 1.807) is 24.0 Å². The molecule has 0 unspecified atom stereocenters. The van der Waals surface area contributed by atoms with Crippen molar-refractivity contribution in [2.75, 3.05) is 11.9 Å². The molecule has 0 saturated heterocycles. The van der Waals surface area contributed by atoms with E-state index in [-0.39, 0.29) is 11.7 Å². The molecular weight excluding hydrogens is 346 g/mol. The van der Waals surface area contributed by atoms with Crippen LogP contribution in [0.3, 0.4) is 0 Å². The summed E-state index contributed by atoms with van der Waals surface area (Å²) in [5, 5.41) is 13.7. The summed E-state index contributed by atoms with van der Waals surface area (Å²) in [4.78, 5) is 30.9. The van der Waals surface area contributed by atoms with Crippen molar-refractivity contribution in [1.82, 2.24) is 30.3 Å². The largest absolute Gasteiger partial charge is 0.337 e. The standard InChI is InChI=1S/C18H19N7O2/c1-24-15-7-9-19-25(15)10-8-13(18(24)27)20-17(26)16-21-14(22-23-16)11-12-5-3-2-4-6-12/h2-7,9,13H,8,10-11H2,1H3,(H,20,26)(H,21,22,23)/t13-/m1/s1. The van der Waals surface area contributed by atoms with Crippen molar-refractivity contribution in [3.63, 3.8) is 0 Å². The number of nitrogens with zero attached hydrogens (tertiary/aromatic N) is 5. The van der Waals surface area contributed by atoms with Gasteiger partial charge in [0.25, 0.3) is 11.8 Å². The van der Waals surface area contributed by atoms with Gasteiger partial charge in [-0.25, -0.2) is 9.67 Å². The molecule has 1 atom stereocenters. The average molecular weight is 365 g/mol. The van der Waals surface area contributed by atoms with E-state index in [1.807, 2.05) is 30.3 Å². The number of rotatable bonds is 4. The lowest BCUT2D eigenvalue weighted by atomic mass is 10.1. The Morgan fingerprint density at radius 2 is 2.11 bits per heavy atom. The average Bonchev–Trinajstić information content (AvgIpc) is 3.32. The molecule has 2 N–H and O–H groups in total. The molecule has 0 spiro atoms. The van der Waals surface area contributed by atoms with Gasteiger partial charge in [-0.3, -0.25) is 19.6 Å². The number of aryl methyl sites for hydroxylation is 1. The molecular formula is C18H19N7O2. The van der Waals surface area contributed by atoms with Crippen LogP contribution in [0.4, 0.5) is 5.82 Å². The first-order valence-electron chi connectivity index (χ1n) is 8.67. The molecule has 3 aromatic rings. The molecule has 0 fully saturated rings. The molecule has 2 amide bonds. The van der Waals surface area contributed by atoms with Gasteiger partial charge < -0.3 is 5.32 Å². The van der Waals surface area contributed by atoms with Gasteiger partial charge in [-0.1, -0.05) is 30.3 Å². The quantitative estimate of drug-likeness (QED) is 0.709. The van der Waals surface area contributed by atoms with Crippen LogP contribution in [0.2, 0.25) is 0 Å². The second-order valence-electron chi connectivity index (χ2n) is 6.39. The van der Waals surface area contributed by atoms with Crippen molar-refractivity contribution >= 4 is 17.6 Å². The highest BCUT2D eigenvalue weighted by Gasteiger charge is 2.30. The Morgan fingerprint density at radius 1 is 1.30 bits per heavy atom. The number of carbonyl (C=O) groups is 2. The SMILES string of the molecule is CN1C(=O)[C@H](NC(=O)c2n[nH]c(Cc3ccccc3)n2)CCn2nccc21. The molecule has 9 heteroatoms. The van der Waals surface area contributed by atoms with E-state index in [0.717, 1.165) is 5.56 Å². The maximum Gasteiger partial charge on any atom is 0.291 e. The van der Waals surface area contributed by atoms with E-state index < -0.39 is 11.9 Å². The summed E-state index contributed by atoms with van der Waals surface area (Å²) in [6, 6.07) is 10.9. The third-order valence-electron chi connectivity index (χ3n) is 4.55. The molecule has 3 heterocycles. The van der Waals surface area contributed by atoms with Crippen LogP contribution in [-0.2, 0) is 17.8 Å². The van der Waals surface area contributed by atoms with E-state index >= 15 is 0 Å². The van der Waals surface area contributed by atoms with Crippen LogP contribution in [-0.4, -0.2) is 49.9 Å². The Kier molecular flexibility index (Phi) is 4.41. The van der Waals surface area contributed by atoms with Gasteiger partial charge in [0.1, 0.15) is 17.7 Å². The van der Waals surface area contributed by atoms with Crippen LogP contribution in [0.1, 0.15) is 28.4 Å². The summed E-state index contributed by atoms with van der Waals surface area (Å²) in [7, 11) is 1.67. The molecule has 1 aliphatic heterocycles. The number of benzene rings is 1. The minimum absolute atomic E-state index is 0.0263. The van der Waals surface area contributed by atoms with Gasteiger partial charge in [-0.2, -0.15) is 5.10 Å². The van der Waals surface area contributed by atoms with E-state index in [2.05, 4.69) is 25.6 Å². The lowest BCUT2D eigenvalue weighted by Crippen LogP contribution is -2.47. The van der Waals surface area contributed by atoms with Crippen LogP contribution in [0.15, 0.2) is 42.6 Å². The molecule has 2 aromatic heterocycles. The highest BCUT2D eigenvalue weighted by molar-refractivity contribution is 6.00. The number of anilines is 1. The predicted molar refractivity (Wildman–Crippen MR) is 97.1 cm³/mol. The van der Waals surface area contributed by atoms with Gasteiger partial charge in [0.15, 0.2) is 0 Å². The molecule has 0 aliphatic carbocycles. The Balaban J connectivity index is 1.43. The second kappa shape index (κ2) is 7.02. The lowest BCUT2D eigenvalue weighted by molar-refractivity contribution is -0.120. The fourth-order valence-corrected chi connectivity index (χ4v) is 3.13. The van der Waals surface area contributed by atoms with Gasteiger partial charge in [-0.05, 0) is 12.0 Å². The summed E-state index contributed by atoms with van der Waals surface area (Å²) >= 11 is 0. The monoisotopic (exact) mass is 365 g/mol. The van der Waals surface area contributed by atoms with Crippen molar-refractivity contribution in [3.8, 4) is 0 Å². The topological polar surface area (TPSA) is 109 Å². The van der Waals surface area contributed by atoms with Gasteiger partial charge in [0, 0.05) is 26.1 Å². The first-order chi connectivity index (χ1) is 13.1. The summed E-state index contributed by atoms with van der Waals surface area (Å²) in [6.45, 7) is 0.538. The van der Waals surface area contributed by atoms with E-state index in [9.17, 15) is 9.59 Å². The van der Waals surface area contributed by atoms with Crippen LogP contribution < -0.4 is 10.2 Å². The molecule has 1 aliphatic rings. The Bertz CT molecular complexity index is 963. The fourth-order valence-electron chi connectivity index (χ4n) is 3.13. The highest BCUT2D eigenvalue weighted by Crippen LogP contribution is 2.18. The number of carbonyl (C=O) groups excluding carboxylic acids is 2. The number of hydrogen-bond acceptors (Lipinski definition) is 5. The van der Waals surface area contributed by atoms with Crippen LogP contribution in [0.5, 0.6) is 0 Å². The molecule has 27 heavy (non-hydrogen) atoms. The van der Waals surface area contributed by atoms with Gasteiger partial charge in [-0.15, -0.1) is 5.10 Å². The molecule has 9 nitrogen and oxygen atoms in total. The van der Waals surface area contributed by atoms with Crippen molar-refractivity contribution < 1.29 is 9.59 Å². The second-order valence-corrected chi connectivity index (χ2v) is 6.39. The summed E-state index contributed by atoms with van der Waals surface area (Å²) in [5.74, 6) is 0.661. The summed E-state index contributed by atoms with van der Waals surface area (Å²) in [5.41, 5.74) is 1.07. The van der Waals surface area contributed by atoms with Gasteiger partial charge in [0.05, 0.1) is 6.20 Å². The number of hydrogen-bond donors (Lipinski definition) is 2. The highest BCUT2D eigenvalue weighted by atomic mass is 16.2. The minimum atomic E-state index is -0.653. The number of nitrogens with one attached hydrogen (secondary N) is 2. The van der Waals surface area contributed by atoms with Crippen molar-refractivity contribution in [2.45, 2.75) is 25.4 Å². The zero-order valence-electron chi connectivity index (χ0n) is 14.8. The zero-order chi connectivity index (χ0) is 18.8. The Labute approximate surface area is 155 Å². The van der Waals surface area contributed by atoms with E-state index in [1.165, 1.54) is 4.90 Å². The number of aromatic amines is 1. The number of fused-ring (bicyclic) bond motifs is 1. The number of amides is 2. The van der Waals surface area contributed by atoms with Crippen molar-refractivity contribution in [2.24, 2.45) is 0 Å². The normalized spacial score (nSPS) is 16.7. The smallest absolute Gasteiger partial charge is 0.291 e. The summed E-state index contributed by atoms with van der Waals surface area (Å²) < 4.78 is 1.74. The first kappa shape index (κ1) is 17.0. The summed E-state index contributed by atoms with van der Waals surface area (Å²) in [6.07, 6.45) is 2.65. The number of aromatic nitrogens is 5. The predicted octanol–water partition coefficient (Wildman–Crippen LogP) is 0.757. The maximum absolute atomic E-state index is 12.6. The first-order valence-corrected chi connectivity index (χ1v) is 8.67. The number of likely N-dealkylation sites (N-methyl/N-ethyl adjacent to an activating group) is 1. The Hall–Kier alpha value is -3.49. The van der Waals surface area contributed by atoms with Crippen LogP contribution >= 0.6 is 0 Å². The van der Waals surface area contributed by atoms with E-state index in [4.69, 9.17) is 0 Å². The Morgan fingerprint density at radius 3 is 2.93 bits per heavy atom. The zero-order valence-corrected chi connectivity index (χ0v) is 14.8. The van der Waals surface area contributed by atoms with Crippen molar-refractivity contribution in [3.05, 3.63) is 59.8 Å².